The fraction of sp³-hybridized carbons (Fsp3) is 0.789. The monoisotopic (exact) mass is 471 g/mol. The number of aliphatic carboxylic acids is 1. The van der Waals surface area contributed by atoms with Crippen molar-refractivity contribution in [3.63, 3.8) is 0 Å². The van der Waals surface area contributed by atoms with Gasteiger partial charge in [0, 0.05) is 39.3 Å². The Bertz CT molecular complexity index is 919. The van der Waals surface area contributed by atoms with Gasteiger partial charge in [0.05, 0.1) is 12.0 Å². The molecule has 1 N–H and O–H groups in total. The van der Waals surface area contributed by atoms with Gasteiger partial charge in [-0.25, -0.2) is 9.59 Å². The summed E-state index contributed by atoms with van der Waals surface area (Å²) in [6.45, 7) is 4.99. The van der Waals surface area contributed by atoms with E-state index in [0.29, 0.717) is 12.8 Å². The first kappa shape index (κ1) is 24.2. The second-order valence-electron chi connectivity index (χ2n) is 9.23. The number of amides is 2. The normalized spacial score (nSPS) is 25.8. The molecule has 2 atom stereocenters. The summed E-state index contributed by atoms with van der Waals surface area (Å²) >= 11 is 0. The minimum absolute atomic E-state index is 0.0402. The highest BCUT2D eigenvalue weighted by molar-refractivity contribution is 7.86. The molecular formula is C19H29N5O7S. The summed E-state index contributed by atoms with van der Waals surface area (Å²) in [6, 6.07) is -0.200. The lowest BCUT2D eigenvalue weighted by atomic mass is 10.1. The third kappa shape index (κ3) is 4.82. The van der Waals surface area contributed by atoms with E-state index in [-0.39, 0.29) is 45.2 Å². The van der Waals surface area contributed by atoms with E-state index < -0.39 is 45.9 Å². The summed E-state index contributed by atoms with van der Waals surface area (Å²) in [6.07, 6.45) is 0.0474. The molecule has 12 nitrogen and oxygen atoms in total. The molecule has 0 aromatic heterocycles. The van der Waals surface area contributed by atoms with Gasteiger partial charge in [0.1, 0.15) is 17.7 Å². The molecule has 0 saturated carbocycles. The topological polar surface area (TPSA) is 152 Å². The van der Waals surface area contributed by atoms with Crippen LogP contribution < -0.4 is 0 Å². The molecular weight excluding hydrogens is 442 g/mol. The molecule has 0 unspecified atom stereocenters. The number of nitriles is 1. The molecule has 3 aliphatic rings. The first-order chi connectivity index (χ1) is 14.8. The Balaban J connectivity index is 1.84. The van der Waals surface area contributed by atoms with E-state index in [4.69, 9.17) is 10.00 Å². The van der Waals surface area contributed by atoms with Crippen molar-refractivity contribution in [1.82, 2.24) is 18.4 Å². The quantitative estimate of drug-likeness (QED) is 0.586. The van der Waals surface area contributed by atoms with E-state index in [9.17, 15) is 27.9 Å². The van der Waals surface area contributed by atoms with Crippen molar-refractivity contribution in [3.8, 4) is 6.07 Å². The molecule has 178 valence electrons. The van der Waals surface area contributed by atoms with Crippen LogP contribution in [0.5, 0.6) is 0 Å². The molecule has 0 spiro atoms. The van der Waals surface area contributed by atoms with Gasteiger partial charge in [0.25, 0.3) is 10.2 Å². The number of hydrogen-bond donors (Lipinski definition) is 1. The summed E-state index contributed by atoms with van der Waals surface area (Å²) in [7, 11) is -3.92. The number of rotatable bonds is 4. The van der Waals surface area contributed by atoms with E-state index >= 15 is 0 Å². The molecule has 32 heavy (non-hydrogen) atoms. The van der Waals surface area contributed by atoms with Crippen LogP contribution in [0.3, 0.4) is 0 Å². The third-order valence-electron chi connectivity index (χ3n) is 5.76. The van der Waals surface area contributed by atoms with Gasteiger partial charge in [-0.1, -0.05) is 0 Å². The molecule has 0 aromatic carbocycles. The smallest absolute Gasteiger partial charge is 0.411 e. The van der Waals surface area contributed by atoms with Crippen LogP contribution in [0.15, 0.2) is 0 Å². The molecule has 13 heteroatoms. The number of carboxylic acids is 1. The maximum Gasteiger partial charge on any atom is 0.411 e. The average molecular weight is 472 g/mol. The van der Waals surface area contributed by atoms with Crippen molar-refractivity contribution in [1.29, 1.82) is 5.26 Å². The zero-order valence-corrected chi connectivity index (χ0v) is 19.2. The van der Waals surface area contributed by atoms with Crippen molar-refractivity contribution in [2.75, 3.05) is 39.3 Å². The molecule has 3 saturated heterocycles. The molecule has 3 aliphatic heterocycles. The summed E-state index contributed by atoms with van der Waals surface area (Å²) in [5.74, 6) is -2.12. The number of carbonyl (C=O) groups excluding carboxylic acids is 2. The molecule has 2 amide bonds. The van der Waals surface area contributed by atoms with Gasteiger partial charge in [-0.3, -0.25) is 9.69 Å². The first-order valence-electron chi connectivity index (χ1n) is 10.5. The number of hydrogen-bond acceptors (Lipinski definition) is 7. The van der Waals surface area contributed by atoms with Crippen LogP contribution in [-0.4, -0.2) is 107 Å². The summed E-state index contributed by atoms with van der Waals surface area (Å²) < 4.78 is 33.7. The number of nitrogens with zero attached hydrogens (tertiary/aromatic N) is 5. The Morgan fingerprint density at radius 3 is 2.22 bits per heavy atom. The number of carboxylic acid groups (broad SMARTS) is 1. The van der Waals surface area contributed by atoms with Crippen LogP contribution >= 0.6 is 0 Å². The van der Waals surface area contributed by atoms with Crippen molar-refractivity contribution < 1.29 is 32.6 Å². The predicted octanol–water partition coefficient (Wildman–Crippen LogP) is -0.317. The van der Waals surface area contributed by atoms with Gasteiger partial charge in [-0.2, -0.15) is 22.3 Å². The van der Waals surface area contributed by atoms with E-state index in [2.05, 4.69) is 0 Å². The average Bonchev–Trinajstić information content (AvgIpc) is 3.14. The van der Waals surface area contributed by atoms with E-state index in [1.54, 1.807) is 20.8 Å². The molecule has 0 aliphatic carbocycles. The van der Waals surface area contributed by atoms with Gasteiger partial charge in [0.2, 0.25) is 5.91 Å². The molecule has 3 fully saturated rings. The Labute approximate surface area is 187 Å². The third-order valence-corrected chi connectivity index (χ3v) is 7.70. The van der Waals surface area contributed by atoms with Crippen LogP contribution in [0.4, 0.5) is 4.79 Å². The zero-order chi connectivity index (χ0) is 23.8. The van der Waals surface area contributed by atoms with E-state index in [0.717, 1.165) is 4.31 Å². The summed E-state index contributed by atoms with van der Waals surface area (Å²) in [5, 5.41) is 18.4. The van der Waals surface area contributed by atoms with Crippen LogP contribution in [0, 0.1) is 17.2 Å². The van der Waals surface area contributed by atoms with Crippen molar-refractivity contribution in [2.45, 2.75) is 51.3 Å². The lowest BCUT2D eigenvalue weighted by Gasteiger charge is -2.44. The standard InChI is InChI=1S/C19H29N5O7S/c1-19(2,3)31-18(28)24-8-7-21(32(29,30)22-10-13(9-20)11-22)12-15(24)16(25)23-6-4-5-14(23)17(26)27/h13-15H,4-8,10-12H2,1-3H3,(H,26,27)/t14-,15+/m1/s1. The number of ether oxygens (including phenoxy) is 1. The minimum atomic E-state index is -3.92. The summed E-state index contributed by atoms with van der Waals surface area (Å²) in [4.78, 5) is 40.1. The van der Waals surface area contributed by atoms with Crippen LogP contribution in [-0.2, 0) is 24.5 Å². The Kier molecular flexibility index (Phi) is 6.69. The first-order valence-corrected chi connectivity index (χ1v) is 11.9. The zero-order valence-electron chi connectivity index (χ0n) is 18.4. The van der Waals surface area contributed by atoms with Crippen LogP contribution in [0.1, 0.15) is 33.6 Å². The highest BCUT2D eigenvalue weighted by atomic mass is 32.2. The Morgan fingerprint density at radius 2 is 1.66 bits per heavy atom. The lowest BCUT2D eigenvalue weighted by Crippen LogP contribution is -2.65. The molecule has 0 radical (unpaired) electrons. The predicted molar refractivity (Wildman–Crippen MR) is 110 cm³/mol. The van der Waals surface area contributed by atoms with Gasteiger partial charge in [-0.15, -0.1) is 0 Å². The highest BCUT2D eigenvalue weighted by Gasteiger charge is 2.48. The lowest BCUT2D eigenvalue weighted by molar-refractivity contribution is -0.151. The maximum atomic E-state index is 13.4. The van der Waals surface area contributed by atoms with Gasteiger partial charge < -0.3 is 14.7 Å². The van der Waals surface area contributed by atoms with Gasteiger partial charge >= 0.3 is 12.1 Å². The summed E-state index contributed by atoms with van der Waals surface area (Å²) in [5.41, 5.74) is -0.824. The van der Waals surface area contributed by atoms with Crippen molar-refractivity contribution in [2.24, 2.45) is 5.92 Å². The minimum Gasteiger partial charge on any atom is -0.480 e. The second-order valence-corrected chi connectivity index (χ2v) is 11.2. The number of carbonyl (C=O) groups is 3. The van der Waals surface area contributed by atoms with Crippen LogP contribution in [0.2, 0.25) is 0 Å². The number of likely N-dealkylation sites (tertiary alicyclic amines) is 1. The van der Waals surface area contributed by atoms with Crippen molar-refractivity contribution in [3.05, 3.63) is 0 Å². The Hall–Kier alpha value is -2.43. The fourth-order valence-corrected chi connectivity index (χ4v) is 5.77. The van der Waals surface area contributed by atoms with E-state index in [1.807, 2.05) is 6.07 Å². The van der Waals surface area contributed by atoms with Crippen LogP contribution in [0.25, 0.3) is 0 Å². The van der Waals surface area contributed by atoms with Gasteiger partial charge in [0.15, 0.2) is 0 Å². The maximum absolute atomic E-state index is 13.4. The number of piperazine rings is 1. The fourth-order valence-electron chi connectivity index (χ4n) is 4.07. The molecule has 0 bridgehead atoms. The highest BCUT2D eigenvalue weighted by Crippen LogP contribution is 2.27. The van der Waals surface area contributed by atoms with Crippen molar-refractivity contribution >= 4 is 28.2 Å². The second kappa shape index (κ2) is 8.84. The molecule has 3 rings (SSSR count). The molecule has 0 aromatic rings. The van der Waals surface area contributed by atoms with Gasteiger partial charge in [-0.05, 0) is 33.6 Å². The molecule has 3 heterocycles. The largest absolute Gasteiger partial charge is 0.480 e. The van der Waals surface area contributed by atoms with E-state index in [1.165, 1.54) is 14.1 Å². The SMILES string of the molecule is CC(C)(C)OC(=O)N1CCN(S(=O)(=O)N2CC(C#N)C2)C[C@H]1C(=O)N1CCC[C@@H]1C(=O)O. The Morgan fingerprint density at radius 1 is 1.00 bits per heavy atom.